The van der Waals surface area contributed by atoms with Crippen molar-refractivity contribution in [2.24, 2.45) is 20.5 Å². The summed E-state index contributed by atoms with van der Waals surface area (Å²) >= 11 is 0. The average molecular weight is 1160 g/mol. The molecule has 0 bridgehead atoms. The zero-order chi connectivity index (χ0) is 58.8. The Morgan fingerprint density at radius 2 is 1.09 bits per heavy atom. The first-order chi connectivity index (χ1) is 38.3. The predicted molar refractivity (Wildman–Crippen MR) is 305 cm³/mol. The maximum Gasteiger partial charge on any atom is 0.336 e. The van der Waals surface area contributed by atoms with Crippen LogP contribution in [-0.2, 0) is 16.8 Å². The smallest absolute Gasteiger partial charge is 0.336 e. The number of carboxylic acid groups (broad SMARTS) is 1. The molecule has 3 aliphatic heterocycles. The second-order valence-corrected chi connectivity index (χ2v) is 20.1. The number of phenolic OH excluding ortho intramolecular Hbond substituents is 6. The van der Waals surface area contributed by atoms with E-state index in [0.29, 0.717) is 5.56 Å². The number of nitrogens with zero attached hydrogens (tertiary/aromatic N) is 8. The van der Waals surface area contributed by atoms with Gasteiger partial charge < -0.3 is 45.4 Å². The van der Waals surface area contributed by atoms with Gasteiger partial charge >= 0.3 is 5.97 Å². The van der Waals surface area contributed by atoms with E-state index in [1.165, 1.54) is 59.7 Å². The summed E-state index contributed by atoms with van der Waals surface area (Å²) in [6.07, 6.45) is 4.64. The SMILES string of the molecule is CCN1c2cc3c(cc2C(C)=CC1(C)C)C(c1ccccc1C(=O)O)=c1cc2c(cc1O3)=[N+](CC)C(C)(C)C=C2C.O=[N+]([O-])c1ccc(N=Nc2ccc(O)cc2O)c(O)c1.O=[N+]([O-])c1ccc(N=Nc2ccc(O)cc2O)c(O)c1.[Co]. The molecular weight excluding hydrogens is 1100 g/mol. The predicted octanol–water partition coefficient (Wildman–Crippen LogP) is 12.7. The van der Waals surface area contributed by atoms with Crippen LogP contribution in [0.4, 0.5) is 39.8 Å². The molecule has 7 N–H and O–H groups in total. The molecule has 0 atom stereocenters. The number of aromatic carboxylic acids is 1. The second kappa shape index (κ2) is 23.8. The normalized spacial score (nSPS) is 14.2. The number of nitro benzene ring substituents is 2. The first kappa shape index (κ1) is 59.7. The third-order valence-electron chi connectivity index (χ3n) is 13.8. The number of hydrogen-bond donors (Lipinski definition) is 7. The average Bonchev–Trinajstić information content (AvgIpc) is 3.60. The van der Waals surface area contributed by atoms with E-state index in [1.807, 2.05) is 12.1 Å². The number of aromatic hydroxyl groups is 6. The minimum absolute atomic E-state index is 0. The summed E-state index contributed by atoms with van der Waals surface area (Å²) in [7, 11) is 0. The topological polar surface area (TPSA) is 310 Å². The van der Waals surface area contributed by atoms with Crippen molar-refractivity contribution in [3.05, 3.63) is 192 Å². The summed E-state index contributed by atoms with van der Waals surface area (Å²) in [5.74, 6) is -1.06. The Hall–Kier alpha value is -9.93. The number of rotatable bonds is 10. The standard InChI is InChI=1S/C36H38N2O3.2C12H9N3O5.Co/c1-9-37-29-17-31-27(15-25(29)21(3)19-35(37,5)6)33(23-13-11-12-14-24(23)34(39)40)28-16-26-22(4)20-36(7,8)38(10-2)30(26)18-32(28)41-31;2*16-8-2-4-10(12(18)6-8)14-13-9-3-1-7(15(19)20)5-11(9)17;/h11-20H,9-10H2,1-8H3;2*1-6,16-18H;/p+1. The van der Waals surface area contributed by atoms with E-state index in [0.717, 1.165) is 87.4 Å². The van der Waals surface area contributed by atoms with Gasteiger partial charge in [-0.25, -0.2) is 9.37 Å². The maximum absolute atomic E-state index is 12.5. The van der Waals surface area contributed by atoms with Gasteiger partial charge in [0.1, 0.15) is 75.3 Å². The van der Waals surface area contributed by atoms with Crippen molar-refractivity contribution in [1.29, 1.82) is 0 Å². The first-order valence-electron chi connectivity index (χ1n) is 25.3. The number of ether oxygens (including phenoxy) is 1. The number of allylic oxidation sites excluding steroid dienone is 2. The van der Waals surface area contributed by atoms with Crippen LogP contribution < -0.4 is 24.8 Å². The quantitative estimate of drug-likeness (QED) is 0.0290. The fourth-order valence-corrected chi connectivity index (χ4v) is 10.2. The number of carbonyl (C=O) groups is 1. The number of phenols is 6. The largest absolute Gasteiger partial charge is 0.508 e. The fraction of sp³-hybridized carbons (Fsp3) is 0.200. The van der Waals surface area contributed by atoms with E-state index >= 15 is 0 Å². The number of nitro groups is 2. The van der Waals surface area contributed by atoms with Gasteiger partial charge in [0.2, 0.25) is 5.36 Å². The molecule has 0 aromatic heterocycles. The third-order valence-corrected chi connectivity index (χ3v) is 13.8. The molecule has 7 aromatic rings. The van der Waals surface area contributed by atoms with Crippen LogP contribution in [0.1, 0.15) is 88.0 Å². The Morgan fingerprint density at radius 1 is 0.598 bits per heavy atom. The summed E-state index contributed by atoms with van der Waals surface area (Å²) in [5.41, 5.74) is 8.03. The van der Waals surface area contributed by atoms with E-state index in [1.54, 1.807) is 12.1 Å². The van der Waals surface area contributed by atoms with Crippen LogP contribution in [0, 0.1) is 20.2 Å². The van der Waals surface area contributed by atoms with E-state index in [-0.39, 0.29) is 90.5 Å². The molecule has 3 aliphatic rings. The number of hydrogen-bond acceptors (Lipinski definition) is 17. The Balaban J connectivity index is 0.000000198. The number of azo groups is 2. The van der Waals surface area contributed by atoms with Crippen molar-refractivity contribution in [1.82, 2.24) is 4.58 Å². The van der Waals surface area contributed by atoms with Gasteiger partial charge in [-0.3, -0.25) is 20.2 Å². The van der Waals surface area contributed by atoms with Gasteiger partial charge in [0.25, 0.3) is 11.4 Å². The van der Waals surface area contributed by atoms with Crippen LogP contribution >= 0.6 is 0 Å². The summed E-state index contributed by atoms with van der Waals surface area (Å²) in [4.78, 5) is 34.6. The molecular formula is C60H57CoN8O13+. The van der Waals surface area contributed by atoms with Gasteiger partial charge in [0.05, 0.1) is 39.1 Å². The zero-order valence-electron chi connectivity index (χ0n) is 45.6. The molecule has 0 aliphatic carbocycles. The molecule has 21 nitrogen and oxygen atoms in total. The van der Waals surface area contributed by atoms with Gasteiger partial charge in [0, 0.05) is 101 Å². The summed E-state index contributed by atoms with van der Waals surface area (Å²) in [6, 6.07) is 30.2. The molecule has 0 amide bonds. The molecule has 7 aromatic carbocycles. The van der Waals surface area contributed by atoms with Crippen LogP contribution in [0.25, 0.3) is 16.7 Å². The Kier molecular flexibility index (Phi) is 17.3. The molecule has 0 saturated heterocycles. The summed E-state index contributed by atoms with van der Waals surface area (Å²) in [6.45, 7) is 19.4. The number of fused-ring (bicyclic) bond motifs is 4. The van der Waals surface area contributed by atoms with Crippen LogP contribution in [-0.4, -0.2) is 75.7 Å². The molecule has 0 spiro atoms. The molecule has 22 heteroatoms. The van der Waals surface area contributed by atoms with Gasteiger partial charge in [-0.2, -0.15) is 0 Å². The van der Waals surface area contributed by atoms with Gasteiger partial charge in [-0.15, -0.1) is 20.5 Å². The van der Waals surface area contributed by atoms with E-state index in [9.17, 15) is 50.6 Å². The van der Waals surface area contributed by atoms with E-state index < -0.39 is 27.3 Å². The fourth-order valence-electron chi connectivity index (χ4n) is 10.2. The zero-order valence-corrected chi connectivity index (χ0v) is 46.6. The number of non-ortho nitro benzene ring substituents is 2. The molecule has 3 heterocycles. The van der Waals surface area contributed by atoms with Crippen molar-refractivity contribution in [2.75, 3.05) is 18.0 Å². The first-order valence-corrected chi connectivity index (χ1v) is 25.3. The van der Waals surface area contributed by atoms with E-state index in [4.69, 9.17) is 14.9 Å². The Labute approximate surface area is 479 Å². The van der Waals surface area contributed by atoms with Gasteiger partial charge in [-0.05, 0) is 119 Å². The van der Waals surface area contributed by atoms with Crippen LogP contribution in [0.2, 0.25) is 0 Å². The van der Waals surface area contributed by atoms with Crippen LogP contribution in [0.5, 0.6) is 46.0 Å². The maximum atomic E-state index is 12.5. The van der Waals surface area contributed by atoms with Crippen molar-refractivity contribution in [3.8, 4) is 46.0 Å². The monoisotopic (exact) mass is 1160 g/mol. The Morgan fingerprint density at radius 3 is 1.55 bits per heavy atom. The summed E-state index contributed by atoms with van der Waals surface area (Å²) in [5, 5.41) is 104. The van der Waals surface area contributed by atoms with Gasteiger partial charge in [0.15, 0.2) is 5.54 Å². The van der Waals surface area contributed by atoms with E-state index in [2.05, 4.69) is 122 Å². The molecule has 0 saturated carbocycles. The van der Waals surface area contributed by atoms with Crippen LogP contribution in [0.3, 0.4) is 0 Å². The second-order valence-electron chi connectivity index (χ2n) is 20.1. The molecule has 0 unspecified atom stereocenters. The molecule has 10 rings (SSSR count). The third kappa shape index (κ3) is 12.3. The minimum atomic E-state index is -0.941. The Bertz CT molecular complexity index is 3880. The van der Waals surface area contributed by atoms with Crippen molar-refractivity contribution >= 4 is 62.5 Å². The van der Waals surface area contributed by atoms with Crippen molar-refractivity contribution < 1.29 is 71.9 Å². The summed E-state index contributed by atoms with van der Waals surface area (Å²) < 4.78 is 9.20. The number of likely N-dealkylation sites (N-methyl/N-ethyl adjacent to an activating group) is 2. The number of anilines is 1. The van der Waals surface area contributed by atoms with Crippen molar-refractivity contribution in [3.63, 3.8) is 0 Å². The minimum Gasteiger partial charge on any atom is -0.508 e. The number of benzene rings is 7. The van der Waals surface area contributed by atoms with Crippen LogP contribution in [0.15, 0.2) is 154 Å². The molecule has 423 valence electrons. The molecule has 82 heavy (non-hydrogen) atoms. The molecule has 1 radical (unpaired) electrons. The van der Waals surface area contributed by atoms with Crippen molar-refractivity contribution in [2.45, 2.75) is 66.5 Å². The number of carboxylic acids is 1. The molecule has 0 fully saturated rings. The van der Waals surface area contributed by atoms with Gasteiger partial charge in [-0.1, -0.05) is 24.3 Å².